The Morgan fingerprint density at radius 2 is 1.80 bits per heavy atom. The SMILES string of the molecule is CNC(=O)Nc1cc(Nc2cc(C)nc(C(C)(F)F)n2)c(-c2ccc(C)cn2)cn1. The van der Waals surface area contributed by atoms with Gasteiger partial charge in [-0.1, -0.05) is 6.07 Å². The first kappa shape index (κ1) is 21.0. The second-order valence-corrected chi connectivity index (χ2v) is 6.77. The predicted octanol–water partition coefficient (Wildman–Crippen LogP) is 4.16. The van der Waals surface area contributed by atoms with Crippen molar-refractivity contribution in [2.24, 2.45) is 0 Å². The van der Waals surface area contributed by atoms with Gasteiger partial charge in [-0.15, -0.1) is 0 Å². The number of anilines is 3. The zero-order valence-corrected chi connectivity index (χ0v) is 16.9. The van der Waals surface area contributed by atoms with Gasteiger partial charge in [0.05, 0.1) is 11.4 Å². The number of nitrogens with one attached hydrogen (secondary N) is 3. The van der Waals surface area contributed by atoms with Crippen LogP contribution in [0.1, 0.15) is 24.0 Å². The highest BCUT2D eigenvalue weighted by Gasteiger charge is 2.29. The Balaban J connectivity index is 2.06. The molecule has 0 aromatic carbocycles. The van der Waals surface area contributed by atoms with Gasteiger partial charge in [0, 0.05) is 49.8 Å². The number of nitrogens with zero attached hydrogens (tertiary/aromatic N) is 4. The van der Waals surface area contributed by atoms with Gasteiger partial charge in [-0.3, -0.25) is 10.3 Å². The van der Waals surface area contributed by atoms with Crippen molar-refractivity contribution in [2.75, 3.05) is 17.7 Å². The van der Waals surface area contributed by atoms with E-state index in [0.29, 0.717) is 22.6 Å². The lowest BCUT2D eigenvalue weighted by molar-refractivity contribution is 0.00766. The molecule has 3 heterocycles. The molecule has 8 nitrogen and oxygen atoms in total. The second-order valence-electron chi connectivity index (χ2n) is 6.77. The smallest absolute Gasteiger partial charge is 0.320 e. The Labute approximate surface area is 172 Å². The van der Waals surface area contributed by atoms with Gasteiger partial charge in [0.1, 0.15) is 11.6 Å². The Morgan fingerprint density at radius 3 is 2.43 bits per heavy atom. The first-order chi connectivity index (χ1) is 14.2. The number of alkyl halides is 2. The minimum absolute atomic E-state index is 0.185. The summed E-state index contributed by atoms with van der Waals surface area (Å²) in [6.45, 7) is 4.27. The van der Waals surface area contributed by atoms with Crippen molar-refractivity contribution in [3.05, 3.63) is 53.7 Å². The Hall–Kier alpha value is -3.69. The van der Waals surface area contributed by atoms with Crippen molar-refractivity contribution >= 4 is 23.4 Å². The molecule has 0 aliphatic carbocycles. The monoisotopic (exact) mass is 413 g/mol. The topological polar surface area (TPSA) is 105 Å². The van der Waals surface area contributed by atoms with Crippen molar-refractivity contribution in [3.8, 4) is 11.3 Å². The third-order valence-corrected chi connectivity index (χ3v) is 4.07. The van der Waals surface area contributed by atoms with E-state index < -0.39 is 17.8 Å². The lowest BCUT2D eigenvalue weighted by atomic mass is 10.1. The van der Waals surface area contributed by atoms with Gasteiger partial charge in [-0.25, -0.2) is 19.7 Å². The number of hydrogen-bond acceptors (Lipinski definition) is 6. The molecule has 0 atom stereocenters. The minimum Gasteiger partial charge on any atom is -0.341 e. The molecular weight excluding hydrogens is 392 g/mol. The number of aromatic nitrogens is 4. The van der Waals surface area contributed by atoms with Crippen LogP contribution in [-0.4, -0.2) is 33.0 Å². The summed E-state index contributed by atoms with van der Waals surface area (Å²) in [4.78, 5) is 28.0. The molecule has 0 unspecified atom stereocenters. The zero-order valence-electron chi connectivity index (χ0n) is 16.9. The van der Waals surface area contributed by atoms with Crippen LogP contribution in [0.3, 0.4) is 0 Å². The van der Waals surface area contributed by atoms with Gasteiger partial charge in [0.2, 0.25) is 5.82 Å². The summed E-state index contributed by atoms with van der Waals surface area (Å²) >= 11 is 0. The summed E-state index contributed by atoms with van der Waals surface area (Å²) in [6.07, 6.45) is 3.25. The molecule has 0 radical (unpaired) electrons. The van der Waals surface area contributed by atoms with E-state index >= 15 is 0 Å². The van der Waals surface area contributed by atoms with Gasteiger partial charge in [-0.2, -0.15) is 8.78 Å². The molecule has 0 fully saturated rings. The van der Waals surface area contributed by atoms with Crippen LogP contribution in [0.25, 0.3) is 11.3 Å². The van der Waals surface area contributed by atoms with Crippen molar-refractivity contribution < 1.29 is 13.6 Å². The summed E-state index contributed by atoms with van der Waals surface area (Å²) in [5.41, 5.74) is 3.08. The molecular formula is C20H21F2N7O. The maximum Gasteiger partial charge on any atom is 0.320 e. The second kappa shape index (κ2) is 8.36. The number of urea groups is 1. The molecule has 0 aliphatic rings. The normalized spacial score (nSPS) is 11.1. The number of aryl methyl sites for hydroxylation is 2. The van der Waals surface area contributed by atoms with E-state index in [1.807, 2.05) is 19.1 Å². The van der Waals surface area contributed by atoms with E-state index in [2.05, 4.69) is 35.9 Å². The van der Waals surface area contributed by atoms with Crippen LogP contribution in [-0.2, 0) is 5.92 Å². The van der Waals surface area contributed by atoms with Crippen molar-refractivity contribution in [1.82, 2.24) is 25.3 Å². The Bertz CT molecular complexity index is 1070. The summed E-state index contributed by atoms with van der Waals surface area (Å²) in [7, 11) is 1.48. The first-order valence-electron chi connectivity index (χ1n) is 9.08. The van der Waals surface area contributed by atoms with Crippen molar-refractivity contribution in [3.63, 3.8) is 0 Å². The fourth-order valence-corrected chi connectivity index (χ4v) is 2.60. The average molecular weight is 413 g/mol. The molecule has 156 valence electrons. The fraction of sp³-hybridized carbons (Fsp3) is 0.250. The van der Waals surface area contributed by atoms with Crippen molar-refractivity contribution in [2.45, 2.75) is 26.7 Å². The molecule has 0 aliphatic heterocycles. The zero-order chi connectivity index (χ0) is 21.9. The van der Waals surface area contributed by atoms with Crippen LogP contribution in [0.2, 0.25) is 0 Å². The number of carbonyl (C=O) groups is 1. The Morgan fingerprint density at radius 1 is 1.03 bits per heavy atom. The largest absolute Gasteiger partial charge is 0.341 e. The average Bonchev–Trinajstić information content (AvgIpc) is 2.68. The van der Waals surface area contributed by atoms with E-state index in [-0.39, 0.29) is 11.6 Å². The van der Waals surface area contributed by atoms with Gasteiger partial charge in [0.25, 0.3) is 0 Å². The van der Waals surface area contributed by atoms with Crippen LogP contribution < -0.4 is 16.0 Å². The van der Waals surface area contributed by atoms with Crippen molar-refractivity contribution in [1.29, 1.82) is 0 Å². The summed E-state index contributed by atoms with van der Waals surface area (Å²) in [5, 5.41) is 8.05. The lowest BCUT2D eigenvalue weighted by Crippen LogP contribution is -2.25. The quantitative estimate of drug-likeness (QED) is 0.580. The van der Waals surface area contributed by atoms with Crippen LogP contribution in [0.5, 0.6) is 0 Å². The molecule has 0 saturated carbocycles. The van der Waals surface area contributed by atoms with E-state index in [1.165, 1.54) is 13.2 Å². The van der Waals surface area contributed by atoms with Crippen LogP contribution in [0, 0.1) is 13.8 Å². The number of pyridine rings is 2. The molecule has 10 heteroatoms. The van der Waals surface area contributed by atoms with Gasteiger partial charge < -0.3 is 10.6 Å². The highest BCUT2D eigenvalue weighted by Crippen LogP contribution is 2.31. The van der Waals surface area contributed by atoms with Crippen LogP contribution in [0.4, 0.5) is 30.9 Å². The van der Waals surface area contributed by atoms with E-state index in [1.54, 1.807) is 25.3 Å². The van der Waals surface area contributed by atoms with Crippen LogP contribution >= 0.6 is 0 Å². The molecule has 3 rings (SSSR count). The van der Waals surface area contributed by atoms with E-state index in [9.17, 15) is 13.6 Å². The predicted molar refractivity (Wildman–Crippen MR) is 110 cm³/mol. The Kier molecular flexibility index (Phi) is 5.86. The fourth-order valence-electron chi connectivity index (χ4n) is 2.60. The summed E-state index contributed by atoms with van der Waals surface area (Å²) < 4.78 is 27.5. The standard InChI is InChI=1S/C20H21F2N7O/c1-11-5-6-14(24-9-11)13-10-25-16(29-19(30)23-4)8-15(13)27-17-7-12(2)26-18(28-17)20(3,21)22/h5-10H,1-4H3,(H3,23,25,26,27,28,29,30). The highest BCUT2D eigenvalue weighted by atomic mass is 19.3. The third kappa shape index (κ3) is 5.02. The molecule has 0 spiro atoms. The lowest BCUT2D eigenvalue weighted by Gasteiger charge is -2.15. The number of carbonyl (C=O) groups excluding carboxylic acids is 1. The molecule has 0 bridgehead atoms. The van der Waals surface area contributed by atoms with E-state index in [4.69, 9.17) is 0 Å². The molecule has 3 N–H and O–H groups in total. The summed E-state index contributed by atoms with van der Waals surface area (Å²) in [6, 6.07) is 6.40. The van der Waals surface area contributed by atoms with Gasteiger partial charge in [0.15, 0.2) is 0 Å². The van der Waals surface area contributed by atoms with Gasteiger partial charge in [-0.05, 0) is 25.5 Å². The number of halogens is 2. The third-order valence-electron chi connectivity index (χ3n) is 4.07. The molecule has 0 saturated heterocycles. The summed E-state index contributed by atoms with van der Waals surface area (Å²) in [5.74, 6) is -3.32. The maximum atomic E-state index is 13.8. The number of amides is 2. The molecule has 3 aromatic heterocycles. The number of rotatable bonds is 5. The maximum absolute atomic E-state index is 13.8. The molecule has 30 heavy (non-hydrogen) atoms. The van der Waals surface area contributed by atoms with E-state index in [0.717, 1.165) is 12.5 Å². The van der Waals surface area contributed by atoms with Crippen LogP contribution in [0.15, 0.2) is 36.7 Å². The molecule has 2 amide bonds. The number of hydrogen-bond donors (Lipinski definition) is 3. The molecule has 3 aromatic rings. The minimum atomic E-state index is -3.19. The highest BCUT2D eigenvalue weighted by molar-refractivity contribution is 5.90. The first-order valence-corrected chi connectivity index (χ1v) is 9.08. The van der Waals surface area contributed by atoms with Gasteiger partial charge >= 0.3 is 12.0 Å².